The molecule has 0 spiro atoms. The van der Waals surface area contributed by atoms with Gasteiger partial charge in [-0.3, -0.25) is 4.79 Å². The number of hydrogen-bond donors (Lipinski definition) is 0. The van der Waals surface area contributed by atoms with Crippen molar-refractivity contribution >= 4 is 22.9 Å². The standard InChI is InChI=1S/C20H17FN2OS/c1-13-6-7-14-4-2-3-5-18(14)23(13)20(24)17-12-25-19(22-17)15-8-10-16(21)11-9-15/h2-5,8-13H,6-7H2,1H3/t13-/m1/s1. The van der Waals surface area contributed by atoms with Crippen LogP contribution < -0.4 is 4.90 Å². The Hall–Kier alpha value is -2.53. The zero-order valence-corrected chi connectivity index (χ0v) is 14.6. The molecule has 3 nitrogen and oxygen atoms in total. The Bertz CT molecular complexity index is 919. The maximum Gasteiger partial charge on any atom is 0.278 e. The average molecular weight is 352 g/mol. The zero-order chi connectivity index (χ0) is 17.4. The minimum absolute atomic E-state index is 0.0794. The largest absolute Gasteiger partial charge is 0.304 e. The first-order valence-electron chi connectivity index (χ1n) is 8.26. The summed E-state index contributed by atoms with van der Waals surface area (Å²) in [6, 6.07) is 14.3. The summed E-state index contributed by atoms with van der Waals surface area (Å²) in [5.74, 6) is -0.361. The van der Waals surface area contributed by atoms with E-state index in [2.05, 4.69) is 18.0 Å². The molecule has 0 saturated carbocycles. The highest BCUT2D eigenvalue weighted by Crippen LogP contribution is 2.32. The minimum Gasteiger partial charge on any atom is -0.304 e. The summed E-state index contributed by atoms with van der Waals surface area (Å²) in [4.78, 5) is 19.4. The van der Waals surface area contributed by atoms with Crippen molar-refractivity contribution < 1.29 is 9.18 Å². The second-order valence-corrected chi connectivity index (χ2v) is 7.09. The maximum atomic E-state index is 13.1. The minimum atomic E-state index is -0.282. The van der Waals surface area contributed by atoms with Crippen molar-refractivity contribution in [2.24, 2.45) is 0 Å². The molecule has 0 fully saturated rings. The van der Waals surface area contributed by atoms with Gasteiger partial charge in [-0.05, 0) is 55.7 Å². The number of benzene rings is 2. The van der Waals surface area contributed by atoms with Crippen molar-refractivity contribution in [2.45, 2.75) is 25.8 Å². The smallest absolute Gasteiger partial charge is 0.278 e. The number of amides is 1. The van der Waals surface area contributed by atoms with Gasteiger partial charge < -0.3 is 4.90 Å². The first-order chi connectivity index (χ1) is 12.1. The van der Waals surface area contributed by atoms with Gasteiger partial charge in [-0.25, -0.2) is 9.37 Å². The second-order valence-electron chi connectivity index (χ2n) is 6.24. The lowest BCUT2D eigenvalue weighted by molar-refractivity contribution is 0.0971. The third-order valence-corrected chi connectivity index (χ3v) is 5.45. The molecule has 1 amide bonds. The number of para-hydroxylation sites is 1. The number of carbonyl (C=O) groups is 1. The first kappa shape index (κ1) is 16.0. The Morgan fingerprint density at radius 3 is 2.76 bits per heavy atom. The van der Waals surface area contributed by atoms with Gasteiger partial charge in [0, 0.05) is 22.7 Å². The number of nitrogens with zero attached hydrogens (tertiary/aromatic N) is 2. The molecule has 0 radical (unpaired) electrons. The van der Waals surface area contributed by atoms with Crippen LogP contribution in [0.4, 0.5) is 10.1 Å². The summed E-state index contributed by atoms with van der Waals surface area (Å²) in [7, 11) is 0. The molecule has 4 rings (SSSR count). The highest BCUT2D eigenvalue weighted by Gasteiger charge is 2.30. The van der Waals surface area contributed by atoms with Crippen LogP contribution in [0.25, 0.3) is 10.6 Å². The van der Waals surface area contributed by atoms with E-state index >= 15 is 0 Å². The fourth-order valence-corrected chi connectivity index (χ4v) is 4.02. The van der Waals surface area contributed by atoms with Crippen molar-refractivity contribution in [1.82, 2.24) is 4.98 Å². The van der Waals surface area contributed by atoms with Crippen molar-refractivity contribution in [3.63, 3.8) is 0 Å². The van der Waals surface area contributed by atoms with E-state index in [1.807, 2.05) is 23.1 Å². The summed E-state index contributed by atoms with van der Waals surface area (Å²) in [5, 5.41) is 2.51. The Morgan fingerprint density at radius 2 is 1.96 bits per heavy atom. The number of aromatic nitrogens is 1. The molecule has 1 aliphatic heterocycles. The van der Waals surface area contributed by atoms with Gasteiger partial charge in [0.25, 0.3) is 5.91 Å². The summed E-state index contributed by atoms with van der Waals surface area (Å²) in [5.41, 5.74) is 3.43. The van der Waals surface area contributed by atoms with Crippen molar-refractivity contribution in [1.29, 1.82) is 0 Å². The molecular formula is C20H17FN2OS. The molecule has 126 valence electrons. The van der Waals surface area contributed by atoms with E-state index in [0.717, 1.165) is 29.1 Å². The number of aryl methyl sites for hydroxylation is 1. The summed E-state index contributed by atoms with van der Waals surface area (Å²) >= 11 is 1.40. The Morgan fingerprint density at radius 1 is 1.20 bits per heavy atom. The van der Waals surface area contributed by atoms with Crippen LogP contribution in [-0.2, 0) is 6.42 Å². The van der Waals surface area contributed by atoms with Crippen LogP contribution in [0.15, 0.2) is 53.9 Å². The maximum absolute atomic E-state index is 13.1. The van der Waals surface area contributed by atoms with E-state index in [-0.39, 0.29) is 17.8 Å². The van der Waals surface area contributed by atoms with Gasteiger partial charge >= 0.3 is 0 Å². The predicted molar refractivity (Wildman–Crippen MR) is 98.5 cm³/mol. The Kier molecular flexibility index (Phi) is 4.09. The molecule has 0 aliphatic carbocycles. The molecule has 1 aromatic heterocycles. The number of hydrogen-bond acceptors (Lipinski definition) is 3. The summed E-state index contributed by atoms with van der Waals surface area (Å²) in [6.07, 6.45) is 1.93. The topological polar surface area (TPSA) is 33.2 Å². The van der Waals surface area contributed by atoms with Gasteiger partial charge in [-0.2, -0.15) is 0 Å². The molecule has 0 unspecified atom stereocenters. The SMILES string of the molecule is C[C@@H]1CCc2ccccc2N1C(=O)c1csc(-c2ccc(F)cc2)n1. The number of fused-ring (bicyclic) bond motifs is 1. The Labute approximate surface area is 149 Å². The third-order valence-electron chi connectivity index (χ3n) is 4.56. The Balaban J connectivity index is 1.67. The van der Waals surface area contributed by atoms with E-state index in [9.17, 15) is 9.18 Å². The van der Waals surface area contributed by atoms with Crippen LogP contribution in [-0.4, -0.2) is 16.9 Å². The van der Waals surface area contributed by atoms with Crippen molar-refractivity contribution in [2.75, 3.05) is 4.90 Å². The number of carbonyl (C=O) groups excluding carboxylic acids is 1. The van der Waals surface area contributed by atoms with Gasteiger partial charge in [-0.1, -0.05) is 18.2 Å². The van der Waals surface area contributed by atoms with Crippen LogP contribution in [0.2, 0.25) is 0 Å². The van der Waals surface area contributed by atoms with E-state index < -0.39 is 0 Å². The van der Waals surface area contributed by atoms with Crippen molar-refractivity contribution in [3.8, 4) is 10.6 Å². The molecular weight excluding hydrogens is 335 g/mol. The molecule has 25 heavy (non-hydrogen) atoms. The quantitative estimate of drug-likeness (QED) is 0.655. The molecule has 0 saturated heterocycles. The van der Waals surface area contributed by atoms with Gasteiger partial charge in [0.05, 0.1) is 0 Å². The highest BCUT2D eigenvalue weighted by atomic mass is 32.1. The monoisotopic (exact) mass is 352 g/mol. The van der Waals surface area contributed by atoms with E-state index in [4.69, 9.17) is 0 Å². The fraction of sp³-hybridized carbons (Fsp3) is 0.200. The number of halogens is 1. The van der Waals surface area contributed by atoms with Crippen LogP contribution >= 0.6 is 11.3 Å². The average Bonchev–Trinajstić information content (AvgIpc) is 3.12. The second kappa shape index (κ2) is 6.41. The normalized spacial score (nSPS) is 16.6. The molecule has 5 heteroatoms. The number of anilines is 1. The molecule has 0 bridgehead atoms. The van der Waals surface area contributed by atoms with Gasteiger partial charge in [0.2, 0.25) is 0 Å². The molecule has 2 aromatic carbocycles. The van der Waals surface area contributed by atoms with E-state index in [1.165, 1.54) is 29.0 Å². The lowest BCUT2D eigenvalue weighted by Crippen LogP contribution is -2.42. The van der Waals surface area contributed by atoms with Crippen LogP contribution in [0, 0.1) is 5.82 Å². The van der Waals surface area contributed by atoms with Crippen molar-refractivity contribution in [3.05, 3.63) is 71.0 Å². The first-order valence-corrected chi connectivity index (χ1v) is 9.14. The van der Waals surface area contributed by atoms with Crippen LogP contribution in [0.1, 0.15) is 29.4 Å². The predicted octanol–water partition coefficient (Wildman–Crippen LogP) is 4.93. The lowest BCUT2D eigenvalue weighted by Gasteiger charge is -2.34. The molecule has 2 heterocycles. The van der Waals surface area contributed by atoms with E-state index in [1.54, 1.807) is 17.5 Å². The summed E-state index contributed by atoms with van der Waals surface area (Å²) < 4.78 is 13.1. The molecule has 3 aromatic rings. The number of rotatable bonds is 2. The molecule has 1 aliphatic rings. The fourth-order valence-electron chi connectivity index (χ4n) is 3.22. The summed E-state index contributed by atoms with van der Waals surface area (Å²) in [6.45, 7) is 2.07. The third kappa shape index (κ3) is 2.96. The van der Waals surface area contributed by atoms with Gasteiger partial charge in [-0.15, -0.1) is 11.3 Å². The highest BCUT2D eigenvalue weighted by molar-refractivity contribution is 7.13. The van der Waals surface area contributed by atoms with Gasteiger partial charge in [0.1, 0.15) is 16.5 Å². The lowest BCUT2D eigenvalue weighted by atomic mass is 9.96. The van der Waals surface area contributed by atoms with Crippen LogP contribution in [0.5, 0.6) is 0 Å². The van der Waals surface area contributed by atoms with Crippen LogP contribution in [0.3, 0.4) is 0 Å². The zero-order valence-electron chi connectivity index (χ0n) is 13.8. The molecule has 1 atom stereocenters. The molecule has 0 N–H and O–H groups in total. The van der Waals surface area contributed by atoms with E-state index in [0.29, 0.717) is 5.69 Å². The number of thiazole rings is 1. The van der Waals surface area contributed by atoms with Gasteiger partial charge in [0.15, 0.2) is 0 Å².